The van der Waals surface area contributed by atoms with E-state index in [0.29, 0.717) is 15.0 Å². The van der Waals surface area contributed by atoms with Gasteiger partial charge in [-0.05, 0) is 0 Å². The normalized spacial score (nSPS) is 10.3. The number of allylic oxidation sites excluding steroid dienone is 1. The molecule has 3 heteroatoms. The Labute approximate surface area is 68.9 Å². The molecule has 0 radical (unpaired) electrons. The van der Waals surface area contributed by atoms with Crippen molar-refractivity contribution in [2.24, 2.45) is 0 Å². The smallest absolute Gasteiger partial charge is 1.00 e. The quantitative estimate of drug-likeness (QED) is 0.331. The zero-order chi connectivity index (χ0) is 4.99. The number of rotatable bonds is 1. The Morgan fingerprint density at radius 1 is 1.71 bits per heavy atom. The third-order valence-corrected chi connectivity index (χ3v) is 2.88. The van der Waals surface area contributed by atoms with E-state index in [2.05, 4.69) is 5.82 Å². The first-order valence-electron chi connectivity index (χ1n) is 1.68. The van der Waals surface area contributed by atoms with Gasteiger partial charge in [-0.3, -0.25) is 0 Å². The summed E-state index contributed by atoms with van der Waals surface area (Å²) in [4.78, 5) is 0. The first-order valence-corrected chi connectivity index (χ1v) is 4.66. The van der Waals surface area contributed by atoms with Crippen LogP contribution < -0.4 is 18.9 Å². The van der Waals surface area contributed by atoms with E-state index in [9.17, 15) is 0 Å². The standard InChI is InChI=1S/C4H8SSe.Li/c1-3-4(5)6-2;/h3,5H,1-2H3;/q;+1/p-1/b4-3+;. The summed E-state index contributed by atoms with van der Waals surface area (Å²) in [6.07, 6.45) is 1.98. The van der Waals surface area contributed by atoms with Gasteiger partial charge in [-0.2, -0.15) is 0 Å². The molecule has 0 unspecified atom stereocenters. The molecule has 0 rings (SSSR count). The molecule has 0 aliphatic rings. The van der Waals surface area contributed by atoms with Crippen LogP contribution in [0.4, 0.5) is 0 Å². The predicted molar refractivity (Wildman–Crippen MR) is 32.7 cm³/mol. The van der Waals surface area contributed by atoms with Gasteiger partial charge in [0.2, 0.25) is 0 Å². The van der Waals surface area contributed by atoms with Crippen LogP contribution in [-0.4, -0.2) is 15.0 Å². The van der Waals surface area contributed by atoms with E-state index in [1.165, 1.54) is 0 Å². The second-order valence-electron chi connectivity index (χ2n) is 0.812. The summed E-state index contributed by atoms with van der Waals surface area (Å²) in [6.45, 7) is 1.98. The van der Waals surface area contributed by atoms with E-state index in [0.717, 1.165) is 3.80 Å². The Balaban J connectivity index is 0. The van der Waals surface area contributed by atoms with Gasteiger partial charge in [-0.1, -0.05) is 0 Å². The Morgan fingerprint density at radius 2 is 2.14 bits per heavy atom. The fourth-order valence-electron chi connectivity index (χ4n) is 0.118. The molecule has 0 fully saturated rings. The molecule has 0 aliphatic heterocycles. The molecule has 0 amide bonds. The van der Waals surface area contributed by atoms with Crippen LogP contribution >= 0.6 is 0 Å². The fourth-order valence-corrected chi connectivity index (χ4v) is 0.612. The SMILES string of the molecule is C/C=C(\[S-])[Se]C.[Li+]. The summed E-state index contributed by atoms with van der Waals surface area (Å²) in [6, 6.07) is 0. The van der Waals surface area contributed by atoms with Crippen LogP contribution in [0.25, 0.3) is 0 Å². The molecule has 0 nitrogen and oxygen atoms in total. The third-order valence-electron chi connectivity index (χ3n) is 0.437. The zero-order valence-corrected chi connectivity index (χ0v) is 7.42. The van der Waals surface area contributed by atoms with Gasteiger partial charge < -0.3 is 0 Å². The Kier molecular flexibility index (Phi) is 11.1. The second-order valence-corrected chi connectivity index (χ2v) is 3.61. The molecule has 7 heavy (non-hydrogen) atoms. The predicted octanol–water partition coefficient (Wildman–Crippen LogP) is -1.85. The first-order chi connectivity index (χ1) is 2.81. The molecule has 0 N–H and O–H groups in total. The van der Waals surface area contributed by atoms with Gasteiger partial charge in [-0.25, -0.2) is 0 Å². The molecule has 0 saturated carbocycles. The van der Waals surface area contributed by atoms with E-state index in [1.807, 2.05) is 13.0 Å². The Morgan fingerprint density at radius 3 is 2.14 bits per heavy atom. The maximum absolute atomic E-state index is 4.83. The van der Waals surface area contributed by atoms with Crippen molar-refractivity contribution in [1.82, 2.24) is 0 Å². The minimum atomic E-state index is 0. The Bertz CT molecular complexity index is 62.7. The summed E-state index contributed by atoms with van der Waals surface area (Å²) >= 11 is 5.39. The largest absolute Gasteiger partial charge is 1.00 e. The summed E-state index contributed by atoms with van der Waals surface area (Å²) in [7, 11) is 0. The summed E-state index contributed by atoms with van der Waals surface area (Å²) in [5, 5.41) is 0. The molecule has 0 aromatic carbocycles. The van der Waals surface area contributed by atoms with Crippen LogP contribution in [0, 0.1) is 0 Å². The Hall–Kier alpha value is 1.08. The first kappa shape index (κ1) is 11.0. The van der Waals surface area contributed by atoms with Crippen LogP contribution in [0.2, 0.25) is 5.82 Å². The van der Waals surface area contributed by atoms with Gasteiger partial charge in [0.1, 0.15) is 0 Å². The minimum absolute atomic E-state index is 0. The molecule has 0 atom stereocenters. The van der Waals surface area contributed by atoms with Gasteiger partial charge in [0, 0.05) is 0 Å². The molecular weight excluding hydrogens is 166 g/mol. The molecule has 0 aromatic heterocycles. The van der Waals surface area contributed by atoms with Crippen molar-refractivity contribution in [3.05, 3.63) is 9.88 Å². The van der Waals surface area contributed by atoms with Crippen molar-refractivity contribution in [2.75, 3.05) is 0 Å². The van der Waals surface area contributed by atoms with E-state index >= 15 is 0 Å². The average molecular weight is 173 g/mol. The monoisotopic (exact) mass is 174 g/mol. The van der Waals surface area contributed by atoms with Crippen molar-refractivity contribution in [1.29, 1.82) is 0 Å². The summed E-state index contributed by atoms with van der Waals surface area (Å²) in [5.74, 6) is 2.12. The summed E-state index contributed by atoms with van der Waals surface area (Å²) < 4.78 is 1.11. The molecule has 0 bridgehead atoms. The van der Waals surface area contributed by atoms with Gasteiger partial charge in [0.15, 0.2) is 0 Å². The maximum Gasteiger partial charge on any atom is 1.00 e. The van der Waals surface area contributed by atoms with Gasteiger partial charge in [0.05, 0.1) is 0 Å². The van der Waals surface area contributed by atoms with Crippen LogP contribution in [0.5, 0.6) is 0 Å². The molecule has 0 spiro atoms. The second kappa shape index (κ2) is 7.08. The zero-order valence-electron chi connectivity index (χ0n) is 4.89. The number of hydrogen-bond donors (Lipinski definition) is 0. The van der Waals surface area contributed by atoms with Crippen LogP contribution in [0.1, 0.15) is 6.92 Å². The van der Waals surface area contributed by atoms with E-state index in [4.69, 9.17) is 12.6 Å². The molecule has 0 heterocycles. The average Bonchev–Trinajstić information content (AvgIpc) is 1.65. The van der Waals surface area contributed by atoms with Crippen molar-refractivity contribution in [2.45, 2.75) is 12.7 Å². The van der Waals surface area contributed by atoms with Crippen LogP contribution in [0.3, 0.4) is 0 Å². The van der Waals surface area contributed by atoms with Gasteiger partial charge in [0.25, 0.3) is 0 Å². The topological polar surface area (TPSA) is 0 Å². The molecule has 36 valence electrons. The molecular formula is C4H7LiSSe. The molecule has 0 aliphatic carbocycles. The maximum atomic E-state index is 4.83. The number of hydrogen-bond acceptors (Lipinski definition) is 1. The van der Waals surface area contributed by atoms with Crippen molar-refractivity contribution in [3.63, 3.8) is 0 Å². The van der Waals surface area contributed by atoms with Crippen molar-refractivity contribution < 1.29 is 18.9 Å². The van der Waals surface area contributed by atoms with Crippen molar-refractivity contribution >= 4 is 27.6 Å². The molecule has 0 saturated heterocycles. The van der Waals surface area contributed by atoms with Crippen LogP contribution in [0.15, 0.2) is 9.88 Å². The van der Waals surface area contributed by atoms with E-state index in [1.54, 1.807) is 0 Å². The minimum Gasteiger partial charge on any atom is 1.00 e. The third kappa shape index (κ3) is 7.08. The van der Waals surface area contributed by atoms with Gasteiger partial charge >= 0.3 is 69.1 Å². The summed E-state index contributed by atoms with van der Waals surface area (Å²) in [5.41, 5.74) is 0. The van der Waals surface area contributed by atoms with Crippen LogP contribution in [-0.2, 0) is 12.6 Å². The fraction of sp³-hybridized carbons (Fsp3) is 0.500. The van der Waals surface area contributed by atoms with E-state index < -0.39 is 0 Å². The molecule has 0 aromatic rings. The van der Waals surface area contributed by atoms with Crippen molar-refractivity contribution in [3.8, 4) is 0 Å². The van der Waals surface area contributed by atoms with Gasteiger partial charge in [-0.15, -0.1) is 0 Å². The van der Waals surface area contributed by atoms with E-state index in [-0.39, 0.29) is 18.9 Å².